The lowest BCUT2D eigenvalue weighted by Crippen LogP contribution is -2.11. The zero-order valence-corrected chi connectivity index (χ0v) is 14.4. The predicted molar refractivity (Wildman–Crippen MR) is 97.5 cm³/mol. The maximum absolute atomic E-state index is 12.4. The quantitative estimate of drug-likeness (QED) is 0.699. The molecule has 24 heavy (non-hydrogen) atoms. The number of hydrogen-bond donors (Lipinski definition) is 1. The first-order valence-corrected chi connectivity index (χ1v) is 8.00. The molecular weight excluding hydrogens is 298 g/mol. The molecule has 0 spiro atoms. The summed E-state index contributed by atoms with van der Waals surface area (Å²) in [7, 11) is 0. The first kappa shape index (κ1) is 16.1. The Balaban J connectivity index is 1.82. The second-order valence-electron chi connectivity index (χ2n) is 6.24. The van der Waals surface area contributed by atoms with E-state index in [4.69, 9.17) is 4.42 Å². The number of rotatable bonds is 3. The minimum atomic E-state index is -0.239. The lowest BCUT2D eigenvalue weighted by molar-refractivity contribution is 0.0997. The number of furan rings is 1. The smallest absolute Gasteiger partial charge is 0.291 e. The standard InChI is InChI=1S/C21H21NO2/c1-13-5-8-18(16(4)11-13)22-21(23)20-10-9-19(24-20)17-7-6-14(2)15(3)12-17/h5-12H,1-4H3,(H,22,23). The average molecular weight is 319 g/mol. The van der Waals surface area contributed by atoms with Crippen LogP contribution in [0.4, 0.5) is 5.69 Å². The van der Waals surface area contributed by atoms with Gasteiger partial charge in [-0.1, -0.05) is 29.8 Å². The van der Waals surface area contributed by atoms with Gasteiger partial charge in [-0.2, -0.15) is 0 Å². The number of carbonyl (C=O) groups excluding carboxylic acids is 1. The minimum Gasteiger partial charge on any atom is -0.451 e. The van der Waals surface area contributed by atoms with Crippen LogP contribution in [0, 0.1) is 27.7 Å². The molecule has 122 valence electrons. The molecule has 0 fully saturated rings. The zero-order valence-electron chi connectivity index (χ0n) is 14.4. The van der Waals surface area contributed by atoms with Crippen molar-refractivity contribution in [1.29, 1.82) is 0 Å². The van der Waals surface area contributed by atoms with Gasteiger partial charge in [0.1, 0.15) is 5.76 Å². The largest absolute Gasteiger partial charge is 0.451 e. The zero-order chi connectivity index (χ0) is 17.3. The number of carbonyl (C=O) groups is 1. The van der Waals surface area contributed by atoms with Gasteiger partial charge in [0.2, 0.25) is 0 Å². The molecule has 1 aromatic heterocycles. The van der Waals surface area contributed by atoms with Gasteiger partial charge in [0.05, 0.1) is 0 Å². The van der Waals surface area contributed by atoms with Crippen LogP contribution < -0.4 is 5.32 Å². The van der Waals surface area contributed by atoms with Crippen molar-refractivity contribution in [2.45, 2.75) is 27.7 Å². The van der Waals surface area contributed by atoms with Crippen molar-refractivity contribution in [2.75, 3.05) is 5.32 Å². The third kappa shape index (κ3) is 3.25. The Kier molecular flexibility index (Phi) is 4.26. The fraction of sp³-hybridized carbons (Fsp3) is 0.190. The van der Waals surface area contributed by atoms with E-state index in [1.807, 2.05) is 44.2 Å². The van der Waals surface area contributed by atoms with E-state index in [2.05, 4.69) is 31.3 Å². The van der Waals surface area contributed by atoms with Crippen LogP contribution in [-0.2, 0) is 0 Å². The minimum absolute atomic E-state index is 0.239. The van der Waals surface area contributed by atoms with Crippen LogP contribution in [0.25, 0.3) is 11.3 Å². The van der Waals surface area contributed by atoms with Gasteiger partial charge in [-0.15, -0.1) is 0 Å². The van der Waals surface area contributed by atoms with Crippen molar-refractivity contribution in [2.24, 2.45) is 0 Å². The molecule has 0 unspecified atom stereocenters. The van der Waals surface area contributed by atoms with Gasteiger partial charge in [0, 0.05) is 11.3 Å². The fourth-order valence-corrected chi connectivity index (χ4v) is 2.65. The van der Waals surface area contributed by atoms with Gasteiger partial charge >= 0.3 is 0 Å². The summed E-state index contributed by atoms with van der Waals surface area (Å²) in [4.78, 5) is 12.4. The van der Waals surface area contributed by atoms with Gasteiger partial charge in [-0.05, 0) is 68.7 Å². The molecule has 3 heteroatoms. The maximum atomic E-state index is 12.4. The molecule has 0 saturated carbocycles. The van der Waals surface area contributed by atoms with E-state index in [-0.39, 0.29) is 5.91 Å². The highest BCUT2D eigenvalue weighted by Gasteiger charge is 2.13. The van der Waals surface area contributed by atoms with E-state index in [9.17, 15) is 4.79 Å². The number of benzene rings is 2. The summed E-state index contributed by atoms with van der Waals surface area (Å²) in [6.45, 7) is 8.14. The summed E-state index contributed by atoms with van der Waals surface area (Å²) in [5, 5.41) is 2.91. The number of nitrogens with one attached hydrogen (secondary N) is 1. The highest BCUT2D eigenvalue weighted by atomic mass is 16.3. The highest BCUT2D eigenvalue weighted by molar-refractivity contribution is 6.03. The van der Waals surface area contributed by atoms with Gasteiger partial charge in [-0.3, -0.25) is 4.79 Å². The third-order valence-electron chi connectivity index (χ3n) is 4.25. The summed E-state index contributed by atoms with van der Waals surface area (Å²) < 4.78 is 5.75. The van der Waals surface area contributed by atoms with Crippen LogP contribution in [0.5, 0.6) is 0 Å². The second kappa shape index (κ2) is 6.36. The van der Waals surface area contributed by atoms with Crippen LogP contribution in [0.1, 0.15) is 32.8 Å². The van der Waals surface area contributed by atoms with E-state index >= 15 is 0 Å². The van der Waals surface area contributed by atoms with Crippen LogP contribution >= 0.6 is 0 Å². The molecule has 1 heterocycles. The predicted octanol–water partition coefficient (Wildman–Crippen LogP) is 5.43. The highest BCUT2D eigenvalue weighted by Crippen LogP contribution is 2.25. The molecule has 0 atom stereocenters. The van der Waals surface area contributed by atoms with Crippen molar-refractivity contribution in [3.8, 4) is 11.3 Å². The van der Waals surface area contributed by atoms with Gasteiger partial charge in [0.25, 0.3) is 5.91 Å². The molecule has 3 nitrogen and oxygen atoms in total. The first-order valence-electron chi connectivity index (χ1n) is 8.00. The van der Waals surface area contributed by atoms with Crippen molar-refractivity contribution >= 4 is 11.6 Å². The Morgan fingerprint density at radius 2 is 1.62 bits per heavy atom. The Morgan fingerprint density at radius 1 is 0.833 bits per heavy atom. The van der Waals surface area contributed by atoms with Crippen molar-refractivity contribution < 1.29 is 9.21 Å². The first-order chi connectivity index (χ1) is 11.4. The van der Waals surface area contributed by atoms with E-state index in [1.54, 1.807) is 6.07 Å². The Labute approximate surface area is 142 Å². The van der Waals surface area contributed by atoms with E-state index in [0.29, 0.717) is 11.5 Å². The number of anilines is 1. The number of aryl methyl sites for hydroxylation is 4. The maximum Gasteiger partial charge on any atom is 0.291 e. The van der Waals surface area contributed by atoms with Crippen molar-refractivity contribution in [3.63, 3.8) is 0 Å². The summed E-state index contributed by atoms with van der Waals surface area (Å²) in [6, 6.07) is 15.6. The van der Waals surface area contributed by atoms with E-state index < -0.39 is 0 Å². The van der Waals surface area contributed by atoms with Crippen molar-refractivity contribution in [3.05, 3.63) is 76.5 Å². The molecule has 0 aliphatic rings. The monoisotopic (exact) mass is 319 g/mol. The van der Waals surface area contributed by atoms with Gasteiger partial charge < -0.3 is 9.73 Å². The number of hydrogen-bond acceptors (Lipinski definition) is 2. The molecule has 1 amide bonds. The van der Waals surface area contributed by atoms with Crippen LogP contribution in [0.15, 0.2) is 52.9 Å². The lowest BCUT2D eigenvalue weighted by atomic mass is 10.1. The summed E-state index contributed by atoms with van der Waals surface area (Å²) in [5.74, 6) is 0.768. The molecule has 0 aliphatic carbocycles. The fourth-order valence-electron chi connectivity index (χ4n) is 2.65. The molecule has 3 rings (SSSR count). The summed E-state index contributed by atoms with van der Waals surface area (Å²) in [5.41, 5.74) is 6.41. The second-order valence-corrected chi connectivity index (χ2v) is 6.24. The molecule has 0 bridgehead atoms. The Morgan fingerprint density at radius 3 is 2.33 bits per heavy atom. The number of amides is 1. The third-order valence-corrected chi connectivity index (χ3v) is 4.25. The topological polar surface area (TPSA) is 42.2 Å². The SMILES string of the molecule is Cc1ccc(NC(=O)c2ccc(-c3ccc(C)c(C)c3)o2)c(C)c1. The van der Waals surface area contributed by atoms with E-state index in [1.165, 1.54) is 16.7 Å². The molecule has 0 aliphatic heterocycles. The summed E-state index contributed by atoms with van der Waals surface area (Å²) in [6.07, 6.45) is 0. The molecular formula is C21H21NO2. The van der Waals surface area contributed by atoms with Crippen LogP contribution in [0.3, 0.4) is 0 Å². The molecule has 0 radical (unpaired) electrons. The van der Waals surface area contributed by atoms with Crippen molar-refractivity contribution in [1.82, 2.24) is 0 Å². The van der Waals surface area contributed by atoms with Gasteiger partial charge in [-0.25, -0.2) is 0 Å². The molecule has 2 aromatic carbocycles. The van der Waals surface area contributed by atoms with E-state index in [0.717, 1.165) is 16.8 Å². The summed E-state index contributed by atoms with van der Waals surface area (Å²) >= 11 is 0. The molecule has 1 N–H and O–H groups in total. The van der Waals surface area contributed by atoms with Gasteiger partial charge in [0.15, 0.2) is 5.76 Å². The Hall–Kier alpha value is -2.81. The molecule has 3 aromatic rings. The molecule has 0 saturated heterocycles. The lowest BCUT2D eigenvalue weighted by Gasteiger charge is -2.07. The van der Waals surface area contributed by atoms with Crippen LogP contribution in [0.2, 0.25) is 0 Å². The van der Waals surface area contributed by atoms with Crippen LogP contribution in [-0.4, -0.2) is 5.91 Å². The Bertz CT molecular complexity index is 906. The average Bonchev–Trinajstić information content (AvgIpc) is 3.03. The normalized spacial score (nSPS) is 10.7.